The molecule has 6 heteroatoms. The van der Waals surface area contributed by atoms with Crippen molar-refractivity contribution in [1.82, 2.24) is 9.78 Å². The summed E-state index contributed by atoms with van der Waals surface area (Å²) in [7, 11) is 0. The molecule has 0 bridgehead atoms. The lowest BCUT2D eigenvalue weighted by molar-refractivity contribution is -0.117. The van der Waals surface area contributed by atoms with E-state index < -0.39 is 0 Å². The molecule has 0 unspecified atom stereocenters. The van der Waals surface area contributed by atoms with E-state index in [2.05, 4.69) is 10.4 Å². The predicted octanol–water partition coefficient (Wildman–Crippen LogP) is 3.31. The van der Waals surface area contributed by atoms with Crippen LogP contribution in [0.3, 0.4) is 0 Å². The van der Waals surface area contributed by atoms with E-state index in [1.54, 1.807) is 30.3 Å². The van der Waals surface area contributed by atoms with Gasteiger partial charge in [-0.25, -0.2) is 4.68 Å². The molecule has 5 nitrogen and oxygen atoms in total. The van der Waals surface area contributed by atoms with E-state index in [1.807, 2.05) is 26.0 Å². The van der Waals surface area contributed by atoms with Crippen LogP contribution in [0.25, 0.3) is 10.8 Å². The molecule has 1 amide bonds. The summed E-state index contributed by atoms with van der Waals surface area (Å²) in [6.07, 6.45) is 0. The molecule has 2 aromatic carbocycles. The molecule has 1 N–H and O–H groups in total. The Bertz CT molecular complexity index is 995. The van der Waals surface area contributed by atoms with Crippen molar-refractivity contribution in [3.63, 3.8) is 0 Å². The van der Waals surface area contributed by atoms with Crippen molar-refractivity contribution in [3.8, 4) is 0 Å². The highest BCUT2D eigenvalue weighted by Gasteiger charge is 2.12. The Hall–Kier alpha value is -2.66. The molecule has 1 heterocycles. The van der Waals surface area contributed by atoms with Gasteiger partial charge < -0.3 is 5.32 Å². The summed E-state index contributed by atoms with van der Waals surface area (Å²) < 4.78 is 1.19. The number of nitrogens with zero attached hydrogens (tertiary/aromatic N) is 2. The van der Waals surface area contributed by atoms with Crippen LogP contribution in [0.4, 0.5) is 5.69 Å². The third kappa shape index (κ3) is 3.03. The highest BCUT2D eigenvalue weighted by molar-refractivity contribution is 6.31. The number of aromatic nitrogens is 2. The monoisotopic (exact) mass is 341 g/mol. The van der Waals surface area contributed by atoms with E-state index in [4.69, 9.17) is 11.6 Å². The van der Waals surface area contributed by atoms with Gasteiger partial charge in [0.15, 0.2) is 0 Å². The maximum absolute atomic E-state index is 12.5. The van der Waals surface area contributed by atoms with Crippen molar-refractivity contribution in [2.75, 3.05) is 5.32 Å². The van der Waals surface area contributed by atoms with E-state index in [9.17, 15) is 9.59 Å². The number of amides is 1. The molecule has 0 aliphatic heterocycles. The SMILES string of the molecule is Cc1c(Cl)cccc1NC(=O)Cn1nc(C)c2ccccc2c1=O. The van der Waals surface area contributed by atoms with Crippen LogP contribution >= 0.6 is 11.6 Å². The highest BCUT2D eigenvalue weighted by Crippen LogP contribution is 2.22. The average molecular weight is 342 g/mol. The van der Waals surface area contributed by atoms with E-state index in [0.29, 0.717) is 21.8 Å². The fraction of sp³-hybridized carbons (Fsp3) is 0.167. The molecule has 122 valence electrons. The summed E-state index contributed by atoms with van der Waals surface area (Å²) in [6, 6.07) is 12.5. The van der Waals surface area contributed by atoms with Crippen LogP contribution < -0.4 is 10.9 Å². The topological polar surface area (TPSA) is 64.0 Å². The minimum atomic E-state index is -0.329. The number of anilines is 1. The smallest absolute Gasteiger partial charge is 0.275 e. The first kappa shape index (κ1) is 16.2. The van der Waals surface area contributed by atoms with Gasteiger partial charge in [0.1, 0.15) is 6.54 Å². The summed E-state index contributed by atoms with van der Waals surface area (Å²) in [4.78, 5) is 24.8. The number of aryl methyl sites for hydroxylation is 1. The molecule has 3 rings (SSSR count). The number of benzene rings is 2. The molecule has 0 fully saturated rings. The first-order valence-electron chi connectivity index (χ1n) is 7.49. The maximum Gasteiger partial charge on any atom is 0.275 e. The van der Waals surface area contributed by atoms with Gasteiger partial charge in [-0.3, -0.25) is 9.59 Å². The first-order chi connectivity index (χ1) is 11.5. The molecular weight excluding hydrogens is 326 g/mol. The molecule has 0 aliphatic carbocycles. The molecule has 0 saturated carbocycles. The molecule has 0 radical (unpaired) electrons. The van der Waals surface area contributed by atoms with Crippen LogP contribution in [0.5, 0.6) is 0 Å². The Labute approximate surface area is 143 Å². The lowest BCUT2D eigenvalue weighted by Gasteiger charge is -2.11. The Morgan fingerprint density at radius 1 is 1.12 bits per heavy atom. The fourth-order valence-corrected chi connectivity index (χ4v) is 2.75. The standard InChI is InChI=1S/C18H16ClN3O2/c1-11-15(19)8-5-9-16(11)20-17(23)10-22-18(24)14-7-4-3-6-13(14)12(2)21-22/h3-9H,10H2,1-2H3,(H,20,23). The minimum Gasteiger partial charge on any atom is -0.324 e. The van der Waals surface area contributed by atoms with Gasteiger partial charge in [-0.2, -0.15) is 5.10 Å². The Balaban J connectivity index is 1.90. The van der Waals surface area contributed by atoms with E-state index >= 15 is 0 Å². The predicted molar refractivity (Wildman–Crippen MR) is 95.6 cm³/mol. The zero-order chi connectivity index (χ0) is 17.3. The molecule has 0 spiro atoms. The van der Waals surface area contributed by atoms with Gasteiger partial charge >= 0.3 is 0 Å². The Morgan fingerprint density at radius 3 is 2.58 bits per heavy atom. The highest BCUT2D eigenvalue weighted by atomic mass is 35.5. The second-order valence-electron chi connectivity index (χ2n) is 5.55. The van der Waals surface area contributed by atoms with Gasteiger partial charge in [-0.05, 0) is 37.6 Å². The summed E-state index contributed by atoms with van der Waals surface area (Å²) in [6.45, 7) is 3.48. The van der Waals surface area contributed by atoms with Crippen molar-refractivity contribution < 1.29 is 4.79 Å². The van der Waals surface area contributed by atoms with E-state index in [0.717, 1.165) is 10.9 Å². The van der Waals surface area contributed by atoms with Crippen LogP contribution in [-0.4, -0.2) is 15.7 Å². The van der Waals surface area contributed by atoms with Crippen LogP contribution in [0, 0.1) is 13.8 Å². The van der Waals surface area contributed by atoms with Crippen LogP contribution in [0.15, 0.2) is 47.3 Å². The van der Waals surface area contributed by atoms with Crippen LogP contribution in [-0.2, 0) is 11.3 Å². The third-order valence-corrected chi connectivity index (χ3v) is 4.30. The fourth-order valence-electron chi connectivity index (χ4n) is 2.58. The van der Waals surface area contributed by atoms with Gasteiger partial charge in [0.25, 0.3) is 5.56 Å². The molecule has 3 aromatic rings. The lowest BCUT2D eigenvalue weighted by atomic mass is 10.1. The number of nitrogens with one attached hydrogen (secondary N) is 1. The average Bonchev–Trinajstić information content (AvgIpc) is 2.57. The number of carbonyl (C=O) groups excluding carboxylic acids is 1. The normalized spacial score (nSPS) is 10.8. The number of hydrogen-bond donors (Lipinski definition) is 1. The van der Waals surface area contributed by atoms with Crippen LogP contribution in [0.1, 0.15) is 11.3 Å². The number of hydrogen-bond acceptors (Lipinski definition) is 3. The van der Waals surface area contributed by atoms with Gasteiger partial charge in [0.2, 0.25) is 5.91 Å². The summed E-state index contributed by atoms with van der Waals surface area (Å²) in [5.74, 6) is -0.329. The number of carbonyl (C=O) groups is 1. The molecular formula is C18H16ClN3O2. The zero-order valence-electron chi connectivity index (χ0n) is 13.3. The molecule has 0 atom stereocenters. The number of fused-ring (bicyclic) bond motifs is 1. The summed E-state index contributed by atoms with van der Waals surface area (Å²) >= 11 is 6.05. The summed E-state index contributed by atoms with van der Waals surface area (Å²) in [5, 5.41) is 8.93. The Morgan fingerprint density at radius 2 is 1.83 bits per heavy atom. The van der Waals surface area contributed by atoms with Crippen LogP contribution in [0.2, 0.25) is 5.02 Å². The Kier molecular flexibility index (Phi) is 4.36. The van der Waals surface area contributed by atoms with Gasteiger partial charge in [-0.1, -0.05) is 35.9 Å². The van der Waals surface area contributed by atoms with Gasteiger partial charge in [0.05, 0.1) is 11.1 Å². The second-order valence-corrected chi connectivity index (χ2v) is 5.96. The van der Waals surface area contributed by atoms with Gasteiger partial charge in [-0.15, -0.1) is 0 Å². The molecule has 24 heavy (non-hydrogen) atoms. The maximum atomic E-state index is 12.5. The molecule has 1 aromatic heterocycles. The number of halogens is 1. The van der Waals surface area contributed by atoms with Crippen molar-refractivity contribution in [1.29, 1.82) is 0 Å². The second kappa shape index (κ2) is 6.45. The lowest BCUT2D eigenvalue weighted by Crippen LogP contribution is -2.30. The van der Waals surface area contributed by atoms with Crippen molar-refractivity contribution in [3.05, 3.63) is 69.1 Å². The number of rotatable bonds is 3. The first-order valence-corrected chi connectivity index (χ1v) is 7.86. The van der Waals surface area contributed by atoms with E-state index in [1.165, 1.54) is 4.68 Å². The summed E-state index contributed by atoms with van der Waals surface area (Å²) in [5.41, 5.74) is 1.83. The molecule has 0 aliphatic rings. The third-order valence-electron chi connectivity index (χ3n) is 3.89. The zero-order valence-corrected chi connectivity index (χ0v) is 14.1. The minimum absolute atomic E-state index is 0.156. The van der Waals surface area contributed by atoms with Gasteiger partial charge in [0, 0.05) is 16.1 Å². The molecule has 0 saturated heterocycles. The van der Waals surface area contributed by atoms with Crippen molar-refractivity contribution in [2.24, 2.45) is 0 Å². The van der Waals surface area contributed by atoms with Crippen molar-refractivity contribution >= 4 is 34.0 Å². The van der Waals surface area contributed by atoms with E-state index in [-0.39, 0.29) is 18.0 Å². The largest absolute Gasteiger partial charge is 0.324 e. The van der Waals surface area contributed by atoms with Crippen molar-refractivity contribution in [2.45, 2.75) is 20.4 Å². The quantitative estimate of drug-likeness (QED) is 0.795.